The first kappa shape index (κ1) is 8.30. The summed E-state index contributed by atoms with van der Waals surface area (Å²) in [5.41, 5.74) is 3.08. The number of hydrogen-bond acceptors (Lipinski definition) is 3. The van der Waals surface area contributed by atoms with Crippen molar-refractivity contribution in [1.82, 2.24) is 9.99 Å². The third kappa shape index (κ3) is 1.11. The Morgan fingerprint density at radius 1 is 1.57 bits per heavy atom. The van der Waals surface area contributed by atoms with Crippen LogP contribution in [0.2, 0.25) is 0 Å². The van der Waals surface area contributed by atoms with Crippen LogP contribution in [0.3, 0.4) is 0 Å². The van der Waals surface area contributed by atoms with Gasteiger partial charge in [-0.3, -0.25) is 14.8 Å². The average Bonchev–Trinajstić information content (AvgIpc) is 2.47. The maximum Gasteiger partial charge on any atom is 0.338 e. The molecule has 2 N–H and O–H groups in total. The van der Waals surface area contributed by atoms with Gasteiger partial charge in [0.15, 0.2) is 0 Å². The molecule has 2 amide bonds. The van der Waals surface area contributed by atoms with E-state index in [-0.39, 0.29) is 5.69 Å². The van der Waals surface area contributed by atoms with Crippen molar-refractivity contribution < 1.29 is 9.72 Å². The molecule has 0 fully saturated rings. The number of nitrogens with zero attached hydrogens (tertiary/aromatic N) is 2. The van der Waals surface area contributed by atoms with E-state index in [1.165, 1.54) is 16.9 Å². The highest BCUT2D eigenvalue weighted by atomic mass is 16.6. The number of rotatable bonds is 1. The predicted molar refractivity (Wildman–Crippen MR) is 48.0 cm³/mol. The van der Waals surface area contributed by atoms with Crippen LogP contribution in [-0.2, 0) is 0 Å². The molecule has 14 heavy (non-hydrogen) atoms. The van der Waals surface area contributed by atoms with E-state index in [0.717, 1.165) is 0 Å². The topological polar surface area (TPSA) is 89.2 Å². The molecule has 7 heteroatoms. The van der Waals surface area contributed by atoms with Crippen molar-refractivity contribution in [2.45, 2.75) is 0 Å². The fourth-order valence-corrected chi connectivity index (χ4v) is 1.21. The summed E-state index contributed by atoms with van der Waals surface area (Å²) in [6.45, 7) is 3.56. The van der Waals surface area contributed by atoms with Crippen LogP contribution in [-0.4, -0.2) is 15.6 Å². The van der Waals surface area contributed by atoms with Crippen LogP contribution in [0.15, 0.2) is 18.8 Å². The highest BCUT2D eigenvalue weighted by Crippen LogP contribution is 2.21. The van der Waals surface area contributed by atoms with Crippen molar-refractivity contribution in [2.24, 2.45) is 0 Å². The number of aromatic nitrogens is 1. The van der Waals surface area contributed by atoms with Crippen LogP contribution >= 0.6 is 0 Å². The normalized spacial score (nSPS) is 14.3. The van der Waals surface area contributed by atoms with Gasteiger partial charge < -0.3 is 5.32 Å². The van der Waals surface area contributed by atoms with Gasteiger partial charge in [-0.2, -0.15) is 0 Å². The van der Waals surface area contributed by atoms with Crippen LogP contribution in [0.5, 0.6) is 0 Å². The molecule has 2 heterocycles. The van der Waals surface area contributed by atoms with Gasteiger partial charge in [-0.15, -0.1) is 0 Å². The fraction of sp³-hybridized carbons (Fsp3) is 0. The summed E-state index contributed by atoms with van der Waals surface area (Å²) >= 11 is 0. The highest BCUT2D eigenvalue weighted by Gasteiger charge is 2.21. The van der Waals surface area contributed by atoms with Crippen LogP contribution < -0.4 is 10.7 Å². The number of urea groups is 1. The lowest BCUT2D eigenvalue weighted by atomic mass is 10.3. The van der Waals surface area contributed by atoms with Gasteiger partial charge in [0.05, 0.1) is 16.3 Å². The molecule has 0 atom stereocenters. The van der Waals surface area contributed by atoms with E-state index < -0.39 is 11.0 Å². The Morgan fingerprint density at radius 2 is 2.29 bits per heavy atom. The molecular formula is C7H6N4O3. The maximum atomic E-state index is 10.9. The van der Waals surface area contributed by atoms with Crippen molar-refractivity contribution in [3.63, 3.8) is 0 Å². The smallest absolute Gasteiger partial charge is 0.305 e. The van der Waals surface area contributed by atoms with Gasteiger partial charge in [0, 0.05) is 6.07 Å². The molecule has 0 bridgehead atoms. The molecule has 0 spiro atoms. The molecule has 1 aliphatic rings. The molecule has 2 rings (SSSR count). The van der Waals surface area contributed by atoms with Crippen LogP contribution in [0.1, 0.15) is 5.69 Å². The first-order valence-corrected chi connectivity index (χ1v) is 3.72. The number of fused-ring (bicyclic) bond motifs is 1. The summed E-state index contributed by atoms with van der Waals surface area (Å²) in [4.78, 5) is 20.8. The Morgan fingerprint density at radius 3 is 2.93 bits per heavy atom. The predicted octanol–water partition coefficient (Wildman–Crippen LogP) is 0.634. The quantitative estimate of drug-likeness (QED) is 0.507. The second kappa shape index (κ2) is 2.59. The van der Waals surface area contributed by atoms with Crippen LogP contribution in [0, 0.1) is 10.1 Å². The monoisotopic (exact) mass is 194 g/mol. The summed E-state index contributed by atoms with van der Waals surface area (Å²) in [5.74, 6) is 0. The SMILES string of the molecule is C=C1NC(=O)Nn2cc([N+](=O)[O-])cc21. The van der Waals surface area contributed by atoms with Gasteiger partial charge in [-0.05, 0) is 0 Å². The standard InChI is InChI=1S/C7H6N4O3/c1-4-6-2-5(11(13)14)3-10(6)9-7(12)8-4/h2-3H,1H2,(H2,8,9,12). The van der Waals surface area contributed by atoms with Gasteiger partial charge in [0.25, 0.3) is 5.69 Å². The highest BCUT2D eigenvalue weighted by molar-refractivity contribution is 5.93. The van der Waals surface area contributed by atoms with E-state index in [9.17, 15) is 14.9 Å². The Kier molecular flexibility index (Phi) is 1.53. The van der Waals surface area contributed by atoms with E-state index in [1.54, 1.807) is 0 Å². The number of nitrogens with one attached hydrogen (secondary N) is 2. The van der Waals surface area contributed by atoms with E-state index in [4.69, 9.17) is 0 Å². The molecule has 1 aromatic heterocycles. The number of nitro groups is 1. The number of amides is 2. The molecule has 0 unspecified atom stereocenters. The summed E-state index contributed by atoms with van der Waals surface area (Å²) in [5, 5.41) is 12.8. The van der Waals surface area contributed by atoms with Crippen molar-refractivity contribution in [3.05, 3.63) is 34.7 Å². The zero-order valence-electron chi connectivity index (χ0n) is 6.98. The number of hydrogen-bond donors (Lipinski definition) is 2. The van der Waals surface area contributed by atoms with Crippen LogP contribution in [0.25, 0.3) is 5.70 Å². The van der Waals surface area contributed by atoms with Gasteiger partial charge in [-0.1, -0.05) is 6.58 Å². The fourth-order valence-electron chi connectivity index (χ4n) is 1.21. The van der Waals surface area contributed by atoms with Gasteiger partial charge in [0.2, 0.25) is 0 Å². The number of carbonyl (C=O) groups excluding carboxylic acids is 1. The molecule has 0 saturated heterocycles. The number of carbonyl (C=O) groups is 1. The third-order valence-corrected chi connectivity index (χ3v) is 1.81. The maximum absolute atomic E-state index is 10.9. The summed E-state index contributed by atoms with van der Waals surface area (Å²) < 4.78 is 1.26. The lowest BCUT2D eigenvalue weighted by Gasteiger charge is -2.18. The molecule has 72 valence electrons. The molecule has 7 nitrogen and oxygen atoms in total. The third-order valence-electron chi connectivity index (χ3n) is 1.81. The summed E-state index contributed by atoms with van der Waals surface area (Å²) in [7, 11) is 0. The lowest BCUT2D eigenvalue weighted by Crippen LogP contribution is -2.38. The molecule has 1 aliphatic heterocycles. The van der Waals surface area contributed by atoms with Crippen molar-refractivity contribution in [2.75, 3.05) is 5.43 Å². The molecule has 0 aromatic carbocycles. The Bertz CT molecular complexity index is 448. The summed E-state index contributed by atoms with van der Waals surface area (Å²) in [6, 6.07) is 0.863. The largest absolute Gasteiger partial charge is 0.338 e. The molecule has 0 saturated carbocycles. The van der Waals surface area contributed by atoms with E-state index in [2.05, 4.69) is 17.3 Å². The second-order valence-corrected chi connectivity index (χ2v) is 2.76. The van der Waals surface area contributed by atoms with Gasteiger partial charge >= 0.3 is 6.03 Å². The van der Waals surface area contributed by atoms with E-state index in [1.807, 2.05) is 0 Å². The lowest BCUT2D eigenvalue weighted by molar-refractivity contribution is -0.384. The Hall–Kier alpha value is -2.31. The van der Waals surface area contributed by atoms with Crippen LogP contribution in [0.4, 0.5) is 10.5 Å². The minimum Gasteiger partial charge on any atom is -0.305 e. The molecular weight excluding hydrogens is 188 g/mol. The zero-order valence-corrected chi connectivity index (χ0v) is 6.98. The van der Waals surface area contributed by atoms with E-state index in [0.29, 0.717) is 11.4 Å². The minimum absolute atomic E-state index is 0.0925. The van der Waals surface area contributed by atoms with Crippen molar-refractivity contribution in [3.8, 4) is 0 Å². The zero-order chi connectivity index (χ0) is 10.3. The molecule has 0 aliphatic carbocycles. The van der Waals surface area contributed by atoms with Gasteiger partial charge in [0.1, 0.15) is 6.20 Å². The van der Waals surface area contributed by atoms with Crippen molar-refractivity contribution in [1.29, 1.82) is 0 Å². The second-order valence-electron chi connectivity index (χ2n) is 2.76. The molecule has 0 radical (unpaired) electrons. The minimum atomic E-state index is -0.537. The Labute approximate surface area is 78.1 Å². The average molecular weight is 194 g/mol. The van der Waals surface area contributed by atoms with E-state index >= 15 is 0 Å². The summed E-state index contributed by atoms with van der Waals surface area (Å²) in [6.07, 6.45) is 1.22. The van der Waals surface area contributed by atoms with Crippen molar-refractivity contribution >= 4 is 17.4 Å². The van der Waals surface area contributed by atoms with Gasteiger partial charge in [-0.25, -0.2) is 10.2 Å². The Balaban J connectivity index is 2.50. The molecule has 1 aromatic rings. The first-order valence-electron chi connectivity index (χ1n) is 3.72. The first-order chi connectivity index (χ1) is 6.58.